The molecule has 1 heterocycles. The fraction of sp³-hybridized carbons (Fsp3) is 0.167. The summed E-state index contributed by atoms with van der Waals surface area (Å²) in [4.78, 5) is 25.0. The summed E-state index contributed by atoms with van der Waals surface area (Å²) in [6, 6.07) is 13.8. The molecule has 7 heteroatoms. The Morgan fingerprint density at radius 1 is 1.20 bits per heavy atom. The van der Waals surface area contributed by atoms with Crippen molar-refractivity contribution in [1.82, 2.24) is 10.3 Å². The summed E-state index contributed by atoms with van der Waals surface area (Å²) < 4.78 is 6.01. The molecule has 2 aromatic carbocycles. The molecule has 1 aliphatic rings. The second kappa shape index (κ2) is 6.68. The van der Waals surface area contributed by atoms with Crippen molar-refractivity contribution in [3.63, 3.8) is 0 Å². The molecular formula is C18H16BrN3O3. The first kappa shape index (κ1) is 17.2. The van der Waals surface area contributed by atoms with E-state index in [0.717, 1.165) is 15.0 Å². The van der Waals surface area contributed by atoms with Crippen LogP contribution in [0.1, 0.15) is 18.1 Å². The molecule has 2 aromatic rings. The molecular weight excluding hydrogens is 386 g/mol. The van der Waals surface area contributed by atoms with Crippen LogP contribution >= 0.6 is 15.9 Å². The summed E-state index contributed by atoms with van der Waals surface area (Å²) in [5.74, 6) is 0.238. The van der Waals surface area contributed by atoms with Crippen molar-refractivity contribution in [1.29, 1.82) is 0 Å². The Labute approximate surface area is 153 Å². The number of benzene rings is 2. The van der Waals surface area contributed by atoms with Crippen molar-refractivity contribution >= 4 is 34.1 Å². The number of ether oxygens (including phenoxy) is 1. The maximum atomic E-state index is 12.8. The van der Waals surface area contributed by atoms with E-state index < -0.39 is 17.5 Å². The Morgan fingerprint density at radius 3 is 2.56 bits per heavy atom. The van der Waals surface area contributed by atoms with E-state index in [2.05, 4.69) is 26.3 Å². The van der Waals surface area contributed by atoms with Gasteiger partial charge in [0.25, 0.3) is 5.91 Å². The molecule has 1 atom stereocenters. The average Bonchev–Trinajstić information content (AvgIpc) is 2.83. The highest BCUT2D eigenvalue weighted by Gasteiger charge is 2.49. The lowest BCUT2D eigenvalue weighted by atomic mass is 9.92. The summed E-state index contributed by atoms with van der Waals surface area (Å²) in [5, 5.41) is 7.61. The number of urea groups is 1. The van der Waals surface area contributed by atoms with Crippen LogP contribution in [0.15, 0.2) is 58.1 Å². The summed E-state index contributed by atoms with van der Waals surface area (Å²) in [7, 11) is 1.57. The van der Waals surface area contributed by atoms with E-state index in [0.29, 0.717) is 11.3 Å². The van der Waals surface area contributed by atoms with E-state index in [4.69, 9.17) is 4.74 Å². The second-order valence-corrected chi connectivity index (χ2v) is 6.62. The zero-order valence-electron chi connectivity index (χ0n) is 13.7. The zero-order valence-corrected chi connectivity index (χ0v) is 15.3. The molecule has 3 amide bonds. The Bertz CT molecular complexity index is 851. The maximum Gasteiger partial charge on any atom is 0.346 e. The lowest BCUT2D eigenvalue weighted by Crippen LogP contribution is -2.40. The summed E-state index contributed by atoms with van der Waals surface area (Å²) in [6.07, 6.45) is 1.47. The number of halogens is 1. The molecule has 0 saturated carbocycles. The molecule has 0 unspecified atom stereocenters. The van der Waals surface area contributed by atoms with Crippen LogP contribution in [-0.2, 0) is 10.3 Å². The topological polar surface area (TPSA) is 71.0 Å². The van der Waals surface area contributed by atoms with Crippen LogP contribution in [0.25, 0.3) is 0 Å². The van der Waals surface area contributed by atoms with Gasteiger partial charge >= 0.3 is 6.03 Å². The molecule has 1 aliphatic heterocycles. The van der Waals surface area contributed by atoms with Gasteiger partial charge in [0.1, 0.15) is 11.3 Å². The van der Waals surface area contributed by atoms with Gasteiger partial charge in [-0.2, -0.15) is 5.10 Å². The van der Waals surface area contributed by atoms with E-state index in [1.807, 2.05) is 24.3 Å². The highest BCUT2D eigenvalue weighted by atomic mass is 79.9. The van der Waals surface area contributed by atoms with Gasteiger partial charge in [0, 0.05) is 4.47 Å². The van der Waals surface area contributed by atoms with Crippen LogP contribution in [0, 0.1) is 0 Å². The molecule has 0 aliphatic carbocycles. The van der Waals surface area contributed by atoms with Crippen molar-refractivity contribution in [3.05, 3.63) is 64.1 Å². The minimum atomic E-state index is -1.17. The van der Waals surface area contributed by atoms with Gasteiger partial charge in [0.05, 0.1) is 13.3 Å². The van der Waals surface area contributed by atoms with Gasteiger partial charge in [-0.1, -0.05) is 40.2 Å². The van der Waals surface area contributed by atoms with Crippen molar-refractivity contribution in [3.8, 4) is 5.75 Å². The molecule has 25 heavy (non-hydrogen) atoms. The van der Waals surface area contributed by atoms with E-state index in [1.54, 1.807) is 38.3 Å². The van der Waals surface area contributed by atoms with Crippen molar-refractivity contribution < 1.29 is 14.3 Å². The zero-order chi connectivity index (χ0) is 18.0. The fourth-order valence-corrected chi connectivity index (χ4v) is 2.98. The minimum Gasteiger partial charge on any atom is -0.497 e. The van der Waals surface area contributed by atoms with Crippen LogP contribution < -0.4 is 10.1 Å². The number of carbonyl (C=O) groups is 2. The number of carbonyl (C=O) groups excluding carboxylic acids is 2. The largest absolute Gasteiger partial charge is 0.497 e. The standard InChI is InChI=1S/C18H16BrN3O3/c1-18(13-6-8-15(25-2)9-7-13)16(23)22(17(24)21-18)20-11-12-4-3-5-14(19)10-12/h3-11H,1-2H3,(H,21,24)/b20-11-/t18-/m0/s1. The molecule has 6 nitrogen and oxygen atoms in total. The van der Waals surface area contributed by atoms with Gasteiger partial charge in [-0.3, -0.25) is 4.79 Å². The lowest BCUT2D eigenvalue weighted by molar-refractivity contribution is -0.131. The summed E-state index contributed by atoms with van der Waals surface area (Å²) >= 11 is 3.37. The first-order valence-electron chi connectivity index (χ1n) is 7.55. The van der Waals surface area contributed by atoms with Crippen LogP contribution in [0.5, 0.6) is 5.75 Å². The minimum absolute atomic E-state index is 0.436. The lowest BCUT2D eigenvalue weighted by Gasteiger charge is -2.21. The number of imide groups is 1. The van der Waals surface area contributed by atoms with E-state index in [-0.39, 0.29) is 0 Å². The highest BCUT2D eigenvalue weighted by Crippen LogP contribution is 2.30. The fourth-order valence-electron chi connectivity index (χ4n) is 2.56. The molecule has 0 radical (unpaired) electrons. The highest BCUT2D eigenvalue weighted by molar-refractivity contribution is 9.10. The number of hydrazone groups is 1. The van der Waals surface area contributed by atoms with E-state index in [1.165, 1.54) is 6.21 Å². The van der Waals surface area contributed by atoms with Crippen LogP contribution in [0.2, 0.25) is 0 Å². The maximum absolute atomic E-state index is 12.8. The molecule has 0 aromatic heterocycles. The Hall–Kier alpha value is -2.67. The van der Waals surface area contributed by atoms with Gasteiger partial charge < -0.3 is 10.1 Å². The van der Waals surface area contributed by atoms with Crippen molar-refractivity contribution in [2.45, 2.75) is 12.5 Å². The molecule has 3 rings (SSSR count). The van der Waals surface area contributed by atoms with Crippen molar-refractivity contribution in [2.75, 3.05) is 7.11 Å². The smallest absolute Gasteiger partial charge is 0.346 e. The van der Waals surface area contributed by atoms with Crippen LogP contribution in [0.4, 0.5) is 4.79 Å². The third-order valence-corrected chi connectivity index (χ3v) is 4.50. The summed E-state index contributed by atoms with van der Waals surface area (Å²) in [6.45, 7) is 1.66. The number of nitrogens with one attached hydrogen (secondary N) is 1. The van der Waals surface area contributed by atoms with E-state index in [9.17, 15) is 9.59 Å². The monoisotopic (exact) mass is 401 g/mol. The van der Waals surface area contributed by atoms with Gasteiger partial charge in [0.2, 0.25) is 0 Å². The number of nitrogens with zero attached hydrogens (tertiary/aromatic N) is 2. The van der Waals surface area contributed by atoms with Gasteiger partial charge in [0.15, 0.2) is 0 Å². The molecule has 1 N–H and O–H groups in total. The molecule has 0 spiro atoms. The molecule has 128 valence electrons. The Kier molecular flexibility index (Phi) is 4.59. The second-order valence-electron chi connectivity index (χ2n) is 5.70. The van der Waals surface area contributed by atoms with Crippen molar-refractivity contribution in [2.24, 2.45) is 5.10 Å². The number of hydrogen-bond donors (Lipinski definition) is 1. The number of hydrogen-bond acceptors (Lipinski definition) is 4. The average molecular weight is 402 g/mol. The number of rotatable bonds is 4. The van der Waals surface area contributed by atoms with Gasteiger partial charge in [-0.25, -0.2) is 4.79 Å². The van der Waals surface area contributed by atoms with Gasteiger partial charge in [-0.15, -0.1) is 5.01 Å². The first-order chi connectivity index (χ1) is 11.9. The third-order valence-electron chi connectivity index (χ3n) is 4.01. The van der Waals surface area contributed by atoms with Crippen LogP contribution in [-0.4, -0.2) is 30.3 Å². The van der Waals surface area contributed by atoms with E-state index >= 15 is 0 Å². The molecule has 0 bridgehead atoms. The quantitative estimate of drug-likeness (QED) is 0.631. The summed E-state index contributed by atoms with van der Waals surface area (Å²) in [5.41, 5.74) is 0.262. The van der Waals surface area contributed by atoms with Gasteiger partial charge in [-0.05, 0) is 42.3 Å². The Morgan fingerprint density at radius 2 is 1.92 bits per heavy atom. The molecule has 1 saturated heterocycles. The number of methoxy groups -OCH3 is 1. The third kappa shape index (κ3) is 3.28. The predicted molar refractivity (Wildman–Crippen MR) is 97.5 cm³/mol. The molecule has 1 fully saturated rings. The first-order valence-corrected chi connectivity index (χ1v) is 8.34. The normalized spacial score (nSPS) is 20.2. The Balaban J connectivity index is 1.86. The predicted octanol–water partition coefficient (Wildman–Crippen LogP) is 3.26. The SMILES string of the molecule is COc1ccc([C@]2(C)NC(=O)N(/N=C\c3cccc(Br)c3)C2=O)cc1. The number of amides is 3. The van der Waals surface area contributed by atoms with Crippen LogP contribution in [0.3, 0.4) is 0 Å².